The van der Waals surface area contributed by atoms with E-state index < -0.39 is 33.4 Å². The van der Waals surface area contributed by atoms with E-state index in [0.29, 0.717) is 16.0 Å². The fourth-order valence-electron chi connectivity index (χ4n) is 2.55. The van der Waals surface area contributed by atoms with Crippen LogP contribution >= 0.6 is 0 Å². The molecule has 0 aliphatic heterocycles. The van der Waals surface area contributed by atoms with Gasteiger partial charge in [-0.05, 0) is 17.2 Å². The van der Waals surface area contributed by atoms with Crippen molar-refractivity contribution in [2.24, 2.45) is 0 Å². The van der Waals surface area contributed by atoms with Gasteiger partial charge in [0.1, 0.15) is 15.9 Å². The molecule has 2 amide bonds. The van der Waals surface area contributed by atoms with Crippen LogP contribution in [-0.4, -0.2) is 50.2 Å². The quantitative estimate of drug-likeness (QED) is 0.598. The van der Waals surface area contributed by atoms with E-state index in [0.717, 1.165) is 11.8 Å². The number of likely N-dealkylation sites (N-methyl/N-ethyl adjacent to an activating group) is 1. The van der Waals surface area contributed by atoms with Crippen molar-refractivity contribution in [2.45, 2.75) is 6.04 Å². The van der Waals surface area contributed by atoms with E-state index in [1.807, 2.05) is 30.3 Å². The Bertz CT molecular complexity index is 982. The fraction of sp³-hybridized carbons (Fsp3) is 0.211. The summed E-state index contributed by atoms with van der Waals surface area (Å²) in [6.45, 7) is 0. The minimum absolute atomic E-state index is 0.301. The molecule has 27 heavy (non-hydrogen) atoms. The molecule has 0 fully saturated rings. The number of amides is 2. The molecule has 0 saturated carbocycles. The Morgan fingerprint density at radius 2 is 1.70 bits per heavy atom. The average Bonchev–Trinajstić information content (AvgIpc) is 2.65. The molecule has 0 spiro atoms. The van der Waals surface area contributed by atoms with Crippen LogP contribution in [0.4, 0.5) is 0 Å². The van der Waals surface area contributed by atoms with Gasteiger partial charge in [-0.3, -0.25) is 14.5 Å². The Hall–Kier alpha value is -3.18. The zero-order valence-electron chi connectivity index (χ0n) is 14.9. The molecule has 140 valence electrons. The monoisotopic (exact) mass is 385 g/mol. The van der Waals surface area contributed by atoms with Gasteiger partial charge in [0.15, 0.2) is 6.19 Å². The van der Waals surface area contributed by atoms with E-state index in [1.54, 1.807) is 30.5 Å². The molecule has 0 saturated heterocycles. The van der Waals surface area contributed by atoms with Crippen molar-refractivity contribution in [3.05, 3.63) is 60.2 Å². The van der Waals surface area contributed by atoms with Gasteiger partial charge in [0, 0.05) is 18.9 Å². The summed E-state index contributed by atoms with van der Waals surface area (Å²) in [5, 5.41) is 11.3. The van der Waals surface area contributed by atoms with Crippen LogP contribution in [0.2, 0.25) is 0 Å². The third-order valence-corrected chi connectivity index (χ3v) is 4.75. The van der Waals surface area contributed by atoms with Gasteiger partial charge in [-0.15, -0.1) is 0 Å². The van der Waals surface area contributed by atoms with Crippen LogP contribution < -0.4 is 5.32 Å². The predicted molar refractivity (Wildman–Crippen MR) is 101 cm³/mol. The number of nitriles is 1. The Balaban J connectivity index is 2.36. The van der Waals surface area contributed by atoms with E-state index >= 15 is 0 Å². The van der Waals surface area contributed by atoms with Crippen molar-refractivity contribution in [1.82, 2.24) is 10.2 Å². The summed E-state index contributed by atoms with van der Waals surface area (Å²) < 4.78 is 23.3. The number of rotatable bonds is 6. The molecule has 8 heteroatoms. The summed E-state index contributed by atoms with van der Waals surface area (Å²) >= 11 is 0. The van der Waals surface area contributed by atoms with Crippen LogP contribution in [0.25, 0.3) is 11.1 Å². The lowest BCUT2D eigenvalue weighted by Gasteiger charge is -2.20. The Labute approximate surface area is 158 Å². The third kappa shape index (κ3) is 5.39. The number of nitrogens with zero attached hydrogens (tertiary/aromatic N) is 2. The second-order valence-electron chi connectivity index (χ2n) is 6.03. The maximum absolute atomic E-state index is 12.8. The lowest BCUT2D eigenvalue weighted by Crippen LogP contribution is -2.49. The smallest absolute Gasteiger partial charge is 0.258 e. The first kappa shape index (κ1) is 20.1. The Morgan fingerprint density at radius 1 is 1.11 bits per heavy atom. The second kappa shape index (κ2) is 8.47. The van der Waals surface area contributed by atoms with Gasteiger partial charge in [-0.25, -0.2) is 8.42 Å². The molecule has 0 bridgehead atoms. The van der Waals surface area contributed by atoms with E-state index in [9.17, 15) is 18.0 Å². The van der Waals surface area contributed by atoms with Crippen molar-refractivity contribution in [2.75, 3.05) is 19.1 Å². The molecular formula is C19H19N3O4S. The number of hydrogen-bond donors (Lipinski definition) is 1. The van der Waals surface area contributed by atoms with Crippen molar-refractivity contribution >= 4 is 21.7 Å². The Morgan fingerprint density at radius 3 is 2.30 bits per heavy atom. The molecule has 0 heterocycles. The van der Waals surface area contributed by atoms with E-state index in [2.05, 4.69) is 5.32 Å². The molecule has 1 atom stereocenters. The minimum Gasteiger partial charge on any atom is -0.339 e. The molecule has 2 aromatic carbocycles. The summed E-state index contributed by atoms with van der Waals surface area (Å²) in [5.74, 6) is -1.99. The van der Waals surface area contributed by atoms with Crippen LogP contribution in [0, 0.1) is 11.5 Å². The molecule has 0 radical (unpaired) electrons. The lowest BCUT2D eigenvalue weighted by molar-refractivity contribution is -0.128. The summed E-state index contributed by atoms with van der Waals surface area (Å²) in [5.41, 5.74) is 1.76. The molecule has 0 aromatic heterocycles. The van der Waals surface area contributed by atoms with Gasteiger partial charge in [0.2, 0.25) is 0 Å². The maximum atomic E-state index is 12.8. The first-order valence-corrected chi connectivity index (χ1v) is 10.1. The van der Waals surface area contributed by atoms with Gasteiger partial charge in [-0.2, -0.15) is 5.26 Å². The number of nitrogens with one attached hydrogen (secondary N) is 1. The molecule has 0 aliphatic carbocycles. The third-order valence-electron chi connectivity index (χ3n) is 3.81. The number of benzene rings is 2. The first-order valence-electron chi connectivity index (χ1n) is 8.03. The summed E-state index contributed by atoms with van der Waals surface area (Å²) in [4.78, 5) is 25.8. The normalized spacial score (nSPS) is 11.9. The molecule has 2 aromatic rings. The first-order chi connectivity index (χ1) is 12.7. The molecule has 1 N–H and O–H groups in total. The maximum Gasteiger partial charge on any atom is 0.258 e. The zero-order chi connectivity index (χ0) is 20.0. The topological polar surface area (TPSA) is 107 Å². The van der Waals surface area contributed by atoms with Crippen molar-refractivity contribution in [1.29, 1.82) is 5.26 Å². The van der Waals surface area contributed by atoms with Gasteiger partial charge in [0.25, 0.3) is 11.8 Å². The van der Waals surface area contributed by atoms with Crippen LogP contribution in [0.5, 0.6) is 0 Å². The van der Waals surface area contributed by atoms with Crippen LogP contribution in [-0.2, 0) is 14.6 Å². The summed E-state index contributed by atoms with van der Waals surface area (Å²) in [6, 6.07) is 14.7. The highest BCUT2D eigenvalue weighted by molar-refractivity contribution is 7.90. The minimum atomic E-state index is -3.57. The fourth-order valence-corrected chi connectivity index (χ4v) is 3.38. The molecule has 1 unspecified atom stereocenters. The Kier molecular flexibility index (Phi) is 6.32. The van der Waals surface area contributed by atoms with E-state index in [1.165, 1.54) is 7.05 Å². The van der Waals surface area contributed by atoms with E-state index in [4.69, 9.17) is 5.26 Å². The molecule has 7 nitrogen and oxygen atoms in total. The number of carbonyl (C=O) groups is 2. The standard InChI is InChI=1S/C19H19N3O4S/c1-22(13-20)19(24)17(12-27(2,25)26)21-18(23)16-11-7-6-10-15(16)14-8-4-3-5-9-14/h3-11,17H,12H2,1-2H3,(H,21,23). The number of hydrogen-bond acceptors (Lipinski definition) is 5. The zero-order valence-corrected chi connectivity index (χ0v) is 15.7. The highest BCUT2D eigenvalue weighted by atomic mass is 32.2. The van der Waals surface area contributed by atoms with Gasteiger partial charge in [0.05, 0.1) is 5.75 Å². The highest BCUT2D eigenvalue weighted by Crippen LogP contribution is 2.23. The van der Waals surface area contributed by atoms with Crippen LogP contribution in [0.3, 0.4) is 0 Å². The van der Waals surface area contributed by atoms with Crippen LogP contribution in [0.1, 0.15) is 10.4 Å². The van der Waals surface area contributed by atoms with E-state index in [-0.39, 0.29) is 0 Å². The summed E-state index contributed by atoms with van der Waals surface area (Å²) in [6.07, 6.45) is 2.58. The number of sulfone groups is 1. The molecular weight excluding hydrogens is 366 g/mol. The molecule has 2 rings (SSSR count). The highest BCUT2D eigenvalue weighted by Gasteiger charge is 2.28. The average molecular weight is 385 g/mol. The van der Waals surface area contributed by atoms with Crippen molar-refractivity contribution in [3.8, 4) is 17.3 Å². The van der Waals surface area contributed by atoms with Crippen molar-refractivity contribution < 1.29 is 18.0 Å². The lowest BCUT2D eigenvalue weighted by atomic mass is 9.99. The van der Waals surface area contributed by atoms with Crippen molar-refractivity contribution in [3.63, 3.8) is 0 Å². The summed E-state index contributed by atoms with van der Waals surface area (Å²) in [7, 11) is -2.36. The molecule has 0 aliphatic rings. The largest absolute Gasteiger partial charge is 0.339 e. The predicted octanol–water partition coefficient (Wildman–Crippen LogP) is 1.44. The van der Waals surface area contributed by atoms with Gasteiger partial charge in [-0.1, -0.05) is 48.5 Å². The van der Waals surface area contributed by atoms with Gasteiger partial charge >= 0.3 is 0 Å². The van der Waals surface area contributed by atoms with Crippen LogP contribution in [0.15, 0.2) is 54.6 Å². The van der Waals surface area contributed by atoms with Gasteiger partial charge < -0.3 is 5.32 Å². The SMILES string of the molecule is CN(C#N)C(=O)C(CS(C)(=O)=O)NC(=O)c1ccccc1-c1ccccc1. The number of carbonyl (C=O) groups excluding carboxylic acids is 2. The second-order valence-corrected chi connectivity index (χ2v) is 8.21.